The highest BCUT2D eigenvalue weighted by atomic mass is 19.4. The largest absolute Gasteiger partial charge is 0.471 e. The number of furan rings is 1. The zero-order valence-corrected chi connectivity index (χ0v) is 10.4. The Morgan fingerprint density at radius 2 is 1.95 bits per heavy atom. The fourth-order valence-electron chi connectivity index (χ4n) is 2.07. The van der Waals surface area contributed by atoms with E-state index >= 15 is 0 Å². The molecular weight excluding hydrogens is 277 g/mol. The van der Waals surface area contributed by atoms with E-state index in [9.17, 15) is 22.8 Å². The highest BCUT2D eigenvalue weighted by molar-refractivity contribution is 5.91. The van der Waals surface area contributed by atoms with E-state index in [4.69, 9.17) is 4.42 Å². The summed E-state index contributed by atoms with van der Waals surface area (Å²) in [6, 6.07) is 2.81. The maximum absolute atomic E-state index is 12.3. The van der Waals surface area contributed by atoms with Crippen molar-refractivity contribution in [3.63, 3.8) is 0 Å². The third-order valence-electron chi connectivity index (χ3n) is 3.10. The molecule has 2 heterocycles. The first-order valence-corrected chi connectivity index (χ1v) is 6.08. The summed E-state index contributed by atoms with van der Waals surface area (Å²) in [6.45, 7) is -0.0527. The number of alkyl halides is 3. The van der Waals surface area contributed by atoms with Crippen LogP contribution < -0.4 is 5.32 Å². The number of likely N-dealkylation sites (tertiary alicyclic amines) is 1. The maximum atomic E-state index is 12.3. The highest BCUT2D eigenvalue weighted by Gasteiger charge is 2.43. The fourth-order valence-corrected chi connectivity index (χ4v) is 2.07. The molecule has 1 aliphatic heterocycles. The lowest BCUT2D eigenvalue weighted by Gasteiger charge is -2.32. The monoisotopic (exact) mass is 290 g/mol. The minimum atomic E-state index is -4.84. The Hall–Kier alpha value is -1.99. The van der Waals surface area contributed by atoms with Gasteiger partial charge in [0.1, 0.15) is 0 Å². The second kappa shape index (κ2) is 5.56. The number of hydrogen-bond acceptors (Lipinski definition) is 3. The van der Waals surface area contributed by atoms with E-state index in [0.29, 0.717) is 0 Å². The SMILES string of the molecule is O=C(NC1CCN(C(=O)C(F)(F)F)CC1)c1ccco1. The van der Waals surface area contributed by atoms with Crippen LogP contribution in [0.3, 0.4) is 0 Å². The van der Waals surface area contributed by atoms with E-state index in [0.717, 1.165) is 4.90 Å². The molecule has 0 aliphatic carbocycles. The maximum Gasteiger partial charge on any atom is 0.471 e. The Kier molecular flexibility index (Phi) is 4.01. The zero-order chi connectivity index (χ0) is 14.8. The minimum absolute atomic E-state index is 0.0263. The number of carbonyl (C=O) groups is 2. The Bertz CT molecular complexity index is 477. The quantitative estimate of drug-likeness (QED) is 0.899. The van der Waals surface area contributed by atoms with E-state index in [1.807, 2.05) is 0 Å². The molecule has 8 heteroatoms. The van der Waals surface area contributed by atoms with Crippen molar-refractivity contribution >= 4 is 11.8 Å². The molecule has 1 N–H and O–H groups in total. The van der Waals surface area contributed by atoms with Crippen molar-refractivity contribution in [3.8, 4) is 0 Å². The topological polar surface area (TPSA) is 62.6 Å². The molecule has 1 aromatic heterocycles. The number of carbonyl (C=O) groups excluding carboxylic acids is 2. The Labute approximate surface area is 112 Å². The van der Waals surface area contributed by atoms with Gasteiger partial charge in [-0.2, -0.15) is 13.2 Å². The van der Waals surface area contributed by atoms with Crippen LogP contribution in [0.2, 0.25) is 0 Å². The van der Waals surface area contributed by atoms with Gasteiger partial charge in [0.2, 0.25) is 0 Å². The molecule has 1 aliphatic rings. The van der Waals surface area contributed by atoms with Gasteiger partial charge in [-0.15, -0.1) is 0 Å². The molecule has 0 radical (unpaired) electrons. The van der Waals surface area contributed by atoms with Crippen LogP contribution in [0.1, 0.15) is 23.4 Å². The summed E-state index contributed by atoms with van der Waals surface area (Å²) < 4.78 is 41.7. The summed E-state index contributed by atoms with van der Waals surface area (Å²) in [5.74, 6) is -2.08. The molecule has 0 saturated carbocycles. The van der Waals surface area contributed by atoms with Crippen molar-refractivity contribution in [2.75, 3.05) is 13.1 Å². The minimum Gasteiger partial charge on any atom is -0.459 e. The van der Waals surface area contributed by atoms with E-state index < -0.39 is 18.0 Å². The van der Waals surface area contributed by atoms with Crippen LogP contribution in [0.5, 0.6) is 0 Å². The van der Waals surface area contributed by atoms with Gasteiger partial charge < -0.3 is 14.6 Å². The van der Waals surface area contributed by atoms with Crippen LogP contribution in [-0.2, 0) is 4.79 Å². The summed E-state index contributed by atoms with van der Waals surface area (Å²) in [7, 11) is 0. The van der Waals surface area contributed by atoms with Crippen molar-refractivity contribution in [2.45, 2.75) is 25.1 Å². The van der Waals surface area contributed by atoms with Crippen molar-refractivity contribution in [3.05, 3.63) is 24.2 Å². The first kappa shape index (κ1) is 14.4. The van der Waals surface area contributed by atoms with E-state index in [1.54, 1.807) is 6.07 Å². The first-order valence-electron chi connectivity index (χ1n) is 6.08. The van der Waals surface area contributed by atoms with E-state index in [2.05, 4.69) is 5.32 Å². The van der Waals surface area contributed by atoms with Crippen molar-refractivity contribution in [1.82, 2.24) is 10.2 Å². The summed E-state index contributed by atoms with van der Waals surface area (Å²) in [4.78, 5) is 23.5. The molecule has 2 amide bonds. The molecule has 0 aromatic carbocycles. The molecular formula is C12H13F3N2O3. The summed E-state index contributed by atoms with van der Waals surface area (Å²) in [6.07, 6.45) is -2.91. The van der Waals surface area contributed by atoms with Gasteiger partial charge in [-0.1, -0.05) is 0 Å². The van der Waals surface area contributed by atoms with Crippen molar-refractivity contribution in [2.24, 2.45) is 0 Å². The Morgan fingerprint density at radius 1 is 1.30 bits per heavy atom. The molecule has 0 unspecified atom stereocenters. The summed E-state index contributed by atoms with van der Waals surface area (Å²) in [5, 5.41) is 2.67. The average Bonchev–Trinajstić information content (AvgIpc) is 2.91. The van der Waals surface area contributed by atoms with Crippen LogP contribution in [-0.4, -0.2) is 42.0 Å². The lowest BCUT2D eigenvalue weighted by Crippen LogP contribution is -2.50. The second-order valence-corrected chi connectivity index (χ2v) is 4.51. The molecule has 0 bridgehead atoms. The van der Waals surface area contributed by atoms with E-state index in [1.165, 1.54) is 12.3 Å². The molecule has 2 rings (SSSR count). The fraction of sp³-hybridized carbons (Fsp3) is 0.500. The van der Waals surface area contributed by atoms with Gasteiger partial charge in [-0.05, 0) is 25.0 Å². The number of nitrogens with one attached hydrogen (secondary N) is 1. The molecule has 110 valence electrons. The molecule has 0 spiro atoms. The van der Waals surface area contributed by atoms with Gasteiger partial charge in [-0.25, -0.2) is 0 Å². The Balaban J connectivity index is 1.83. The second-order valence-electron chi connectivity index (χ2n) is 4.51. The van der Waals surface area contributed by atoms with Gasteiger partial charge in [0, 0.05) is 19.1 Å². The standard InChI is InChI=1S/C12H13F3N2O3/c13-12(14,15)11(19)17-5-3-8(4-6-17)16-10(18)9-2-1-7-20-9/h1-2,7-8H,3-6H2,(H,16,18). The van der Waals surface area contributed by atoms with Gasteiger partial charge >= 0.3 is 12.1 Å². The van der Waals surface area contributed by atoms with Gasteiger partial charge in [0.15, 0.2) is 5.76 Å². The summed E-state index contributed by atoms with van der Waals surface area (Å²) >= 11 is 0. The molecule has 1 fully saturated rings. The van der Waals surface area contributed by atoms with E-state index in [-0.39, 0.29) is 37.7 Å². The third-order valence-corrected chi connectivity index (χ3v) is 3.10. The van der Waals surface area contributed by atoms with Crippen LogP contribution >= 0.6 is 0 Å². The van der Waals surface area contributed by atoms with Crippen LogP contribution in [0.25, 0.3) is 0 Å². The van der Waals surface area contributed by atoms with Crippen LogP contribution in [0, 0.1) is 0 Å². The normalized spacial score (nSPS) is 17.1. The number of rotatable bonds is 2. The van der Waals surface area contributed by atoms with Crippen LogP contribution in [0.4, 0.5) is 13.2 Å². The number of halogens is 3. The molecule has 1 saturated heterocycles. The average molecular weight is 290 g/mol. The van der Waals surface area contributed by atoms with Crippen LogP contribution in [0.15, 0.2) is 22.8 Å². The molecule has 20 heavy (non-hydrogen) atoms. The Morgan fingerprint density at radius 3 is 2.45 bits per heavy atom. The number of hydrogen-bond donors (Lipinski definition) is 1. The molecule has 5 nitrogen and oxygen atoms in total. The lowest BCUT2D eigenvalue weighted by atomic mass is 10.0. The summed E-state index contributed by atoms with van der Waals surface area (Å²) in [5.41, 5.74) is 0. The number of piperidine rings is 1. The van der Waals surface area contributed by atoms with Crippen molar-refractivity contribution < 1.29 is 27.2 Å². The van der Waals surface area contributed by atoms with Crippen molar-refractivity contribution in [1.29, 1.82) is 0 Å². The smallest absolute Gasteiger partial charge is 0.459 e. The lowest BCUT2D eigenvalue weighted by molar-refractivity contribution is -0.186. The van der Waals surface area contributed by atoms with Gasteiger partial charge in [0.05, 0.1) is 6.26 Å². The molecule has 1 aromatic rings. The number of nitrogens with zero attached hydrogens (tertiary/aromatic N) is 1. The highest BCUT2D eigenvalue weighted by Crippen LogP contribution is 2.21. The van der Waals surface area contributed by atoms with Gasteiger partial charge in [0.25, 0.3) is 5.91 Å². The predicted octanol–water partition coefficient (Wildman–Crippen LogP) is 1.56. The molecule has 0 atom stereocenters. The zero-order valence-electron chi connectivity index (χ0n) is 10.4. The predicted molar refractivity (Wildman–Crippen MR) is 61.8 cm³/mol. The first-order chi connectivity index (χ1) is 9.38. The number of amides is 2. The third kappa shape index (κ3) is 3.31. The van der Waals surface area contributed by atoms with Gasteiger partial charge in [-0.3, -0.25) is 9.59 Å².